The van der Waals surface area contributed by atoms with Gasteiger partial charge in [-0.3, -0.25) is 0 Å². The number of aromatic nitrogens is 1. The third-order valence-corrected chi connectivity index (χ3v) is 3.32. The molecule has 0 unspecified atom stereocenters. The van der Waals surface area contributed by atoms with Crippen LogP contribution < -0.4 is 0 Å². The first-order valence-electron chi connectivity index (χ1n) is 6.47. The Bertz CT molecular complexity index is 612. The van der Waals surface area contributed by atoms with Crippen molar-refractivity contribution in [2.24, 2.45) is 0 Å². The average Bonchev–Trinajstić information content (AvgIpc) is 2.90. The molecular weight excluding hydrogens is 230 g/mol. The van der Waals surface area contributed by atoms with Crippen molar-refractivity contribution in [3.05, 3.63) is 71.8 Å². The first-order chi connectivity index (χ1) is 9.22. The number of aromatic amines is 1. The summed E-state index contributed by atoms with van der Waals surface area (Å²) in [6.45, 7) is 4.20. The summed E-state index contributed by atoms with van der Waals surface area (Å²) in [6, 6.07) is 22.3. The Morgan fingerprint density at radius 3 is 1.84 bits per heavy atom. The van der Waals surface area contributed by atoms with Crippen molar-refractivity contribution in [1.29, 1.82) is 0 Å². The van der Waals surface area contributed by atoms with Crippen molar-refractivity contribution in [2.75, 3.05) is 0 Å². The van der Waals surface area contributed by atoms with E-state index in [1.165, 1.54) is 22.3 Å². The van der Waals surface area contributed by atoms with Crippen LogP contribution >= 0.6 is 0 Å². The molecule has 1 nitrogen and oxygen atoms in total. The van der Waals surface area contributed by atoms with Gasteiger partial charge in [0.05, 0.1) is 5.69 Å². The van der Waals surface area contributed by atoms with Crippen LogP contribution in [0.4, 0.5) is 0 Å². The number of aryl methyl sites for hydroxylation is 2. The van der Waals surface area contributed by atoms with Crippen molar-refractivity contribution < 1.29 is 0 Å². The fourth-order valence-electron chi connectivity index (χ4n) is 2.12. The minimum absolute atomic E-state index is 1.04. The van der Waals surface area contributed by atoms with E-state index in [-0.39, 0.29) is 0 Å². The lowest BCUT2D eigenvalue weighted by Gasteiger charge is -2.01. The normalized spacial score (nSPS) is 10.6. The van der Waals surface area contributed by atoms with Crippen molar-refractivity contribution >= 4 is 0 Å². The lowest BCUT2D eigenvalue weighted by Crippen LogP contribution is -1.81. The lowest BCUT2D eigenvalue weighted by molar-refractivity contribution is 1.37. The van der Waals surface area contributed by atoms with Crippen molar-refractivity contribution in [3.8, 4) is 22.5 Å². The van der Waals surface area contributed by atoms with Gasteiger partial charge in [-0.25, -0.2) is 0 Å². The molecule has 1 radical (unpaired) electrons. The Kier molecular flexibility index (Phi) is 2.96. The molecule has 1 N–H and O–H groups in total. The van der Waals surface area contributed by atoms with E-state index in [9.17, 15) is 0 Å². The molecule has 1 heterocycles. The number of H-pyrrole nitrogens is 1. The summed E-state index contributed by atoms with van der Waals surface area (Å²) in [5.74, 6) is 0. The Hall–Kier alpha value is -2.28. The fourth-order valence-corrected chi connectivity index (χ4v) is 2.12. The second kappa shape index (κ2) is 4.77. The summed E-state index contributed by atoms with van der Waals surface area (Å²) < 4.78 is 0. The monoisotopic (exact) mass is 246 g/mol. The highest BCUT2D eigenvalue weighted by Gasteiger charge is 2.03. The largest absolute Gasteiger partial charge is 0.354 e. The molecule has 0 saturated heterocycles. The summed E-state index contributed by atoms with van der Waals surface area (Å²) in [6.07, 6.45) is 0. The zero-order valence-corrected chi connectivity index (χ0v) is 11.2. The van der Waals surface area contributed by atoms with E-state index >= 15 is 0 Å². The summed E-state index contributed by atoms with van der Waals surface area (Å²) in [4.78, 5) is 3.43. The van der Waals surface area contributed by atoms with E-state index in [2.05, 4.69) is 73.4 Å². The van der Waals surface area contributed by atoms with Gasteiger partial charge >= 0.3 is 0 Å². The topological polar surface area (TPSA) is 15.8 Å². The van der Waals surface area contributed by atoms with E-state index in [1.54, 1.807) is 0 Å². The van der Waals surface area contributed by atoms with Gasteiger partial charge in [0, 0.05) is 11.8 Å². The number of hydrogen-bond donors (Lipinski definition) is 1. The molecular formula is C18H16N. The van der Waals surface area contributed by atoms with Gasteiger partial charge < -0.3 is 4.98 Å². The van der Waals surface area contributed by atoms with Gasteiger partial charge in [0.15, 0.2) is 0 Å². The van der Waals surface area contributed by atoms with E-state index in [4.69, 9.17) is 0 Å². The standard InChI is InChI=1S/C18H16N/c1-13-3-7-15(8-4-13)17-11-12-18(19-17)16-9-5-14(2)6-10-16/h3-11,19H,1-2H3. The third kappa shape index (κ3) is 2.45. The molecule has 2 aromatic carbocycles. The summed E-state index contributed by atoms with van der Waals surface area (Å²) in [7, 11) is 0. The molecule has 0 aliphatic rings. The van der Waals surface area contributed by atoms with Gasteiger partial charge in [0.25, 0.3) is 0 Å². The highest BCUT2D eigenvalue weighted by atomic mass is 14.7. The van der Waals surface area contributed by atoms with Crippen molar-refractivity contribution in [3.63, 3.8) is 0 Å². The minimum atomic E-state index is 1.04. The van der Waals surface area contributed by atoms with Crippen LogP contribution in [0.15, 0.2) is 54.6 Å². The molecule has 0 aliphatic carbocycles. The molecule has 0 amide bonds. The SMILES string of the molecule is Cc1ccc(-c2[c]cc(-c3ccc(C)cc3)[nH]2)cc1. The van der Waals surface area contributed by atoms with Gasteiger partial charge in [0.1, 0.15) is 0 Å². The van der Waals surface area contributed by atoms with E-state index in [1.807, 2.05) is 6.07 Å². The molecule has 0 spiro atoms. The van der Waals surface area contributed by atoms with Crippen LogP contribution in [0, 0.1) is 19.9 Å². The van der Waals surface area contributed by atoms with Crippen LogP contribution in [0.3, 0.4) is 0 Å². The Morgan fingerprint density at radius 2 is 1.26 bits per heavy atom. The first-order valence-corrected chi connectivity index (χ1v) is 6.47. The molecule has 0 bridgehead atoms. The lowest BCUT2D eigenvalue weighted by atomic mass is 10.1. The molecule has 0 atom stereocenters. The van der Waals surface area contributed by atoms with Crippen LogP contribution in [0.5, 0.6) is 0 Å². The van der Waals surface area contributed by atoms with Gasteiger partial charge in [0.2, 0.25) is 0 Å². The van der Waals surface area contributed by atoms with Gasteiger partial charge in [-0.15, -0.1) is 0 Å². The molecule has 3 rings (SSSR count). The molecule has 93 valence electrons. The summed E-state index contributed by atoms with van der Waals surface area (Å²) in [5.41, 5.74) is 7.06. The Morgan fingerprint density at radius 1 is 0.737 bits per heavy atom. The maximum absolute atomic E-state index is 3.43. The predicted octanol–water partition coefficient (Wildman–Crippen LogP) is 4.77. The zero-order valence-electron chi connectivity index (χ0n) is 11.2. The van der Waals surface area contributed by atoms with E-state index < -0.39 is 0 Å². The van der Waals surface area contributed by atoms with Crippen molar-refractivity contribution in [1.82, 2.24) is 4.98 Å². The molecule has 0 aliphatic heterocycles. The van der Waals surface area contributed by atoms with Crippen LogP contribution in [-0.2, 0) is 0 Å². The van der Waals surface area contributed by atoms with E-state index in [0.29, 0.717) is 0 Å². The molecule has 3 aromatic rings. The van der Waals surface area contributed by atoms with Gasteiger partial charge in [-0.1, -0.05) is 59.7 Å². The Labute approximate surface area is 113 Å². The number of rotatable bonds is 2. The number of hydrogen-bond acceptors (Lipinski definition) is 0. The molecule has 1 heteroatoms. The average molecular weight is 246 g/mol. The highest BCUT2D eigenvalue weighted by molar-refractivity contribution is 5.67. The quantitative estimate of drug-likeness (QED) is 0.670. The molecule has 19 heavy (non-hydrogen) atoms. The maximum atomic E-state index is 3.43. The van der Waals surface area contributed by atoms with Crippen LogP contribution in [-0.4, -0.2) is 4.98 Å². The fraction of sp³-hybridized carbons (Fsp3) is 0.111. The van der Waals surface area contributed by atoms with Crippen molar-refractivity contribution in [2.45, 2.75) is 13.8 Å². The van der Waals surface area contributed by atoms with E-state index in [0.717, 1.165) is 11.4 Å². The second-order valence-electron chi connectivity index (χ2n) is 4.93. The van der Waals surface area contributed by atoms with Gasteiger partial charge in [-0.2, -0.15) is 0 Å². The first kappa shape index (κ1) is 11.8. The van der Waals surface area contributed by atoms with Crippen LogP contribution in [0.2, 0.25) is 0 Å². The van der Waals surface area contributed by atoms with Gasteiger partial charge in [-0.05, 0) is 31.0 Å². The summed E-state index contributed by atoms with van der Waals surface area (Å²) >= 11 is 0. The zero-order chi connectivity index (χ0) is 13.2. The molecule has 0 saturated carbocycles. The number of benzene rings is 2. The maximum Gasteiger partial charge on any atom is 0.0539 e. The highest BCUT2D eigenvalue weighted by Crippen LogP contribution is 2.24. The predicted molar refractivity (Wildman–Crippen MR) is 80.0 cm³/mol. The Balaban J connectivity index is 1.95. The van der Waals surface area contributed by atoms with Crippen LogP contribution in [0.1, 0.15) is 11.1 Å². The minimum Gasteiger partial charge on any atom is -0.354 e. The number of nitrogens with one attached hydrogen (secondary N) is 1. The smallest absolute Gasteiger partial charge is 0.0539 e. The second-order valence-corrected chi connectivity index (χ2v) is 4.93. The summed E-state index contributed by atoms with van der Waals surface area (Å²) in [5, 5.41) is 0. The molecule has 0 fully saturated rings. The molecule has 1 aromatic heterocycles. The van der Waals surface area contributed by atoms with Crippen LogP contribution in [0.25, 0.3) is 22.5 Å². The third-order valence-electron chi connectivity index (χ3n) is 3.32.